The average molecular weight is 325 g/mol. The minimum Gasteiger partial charge on any atom is -0.482 e. The van der Waals surface area contributed by atoms with Gasteiger partial charge in [-0.25, -0.2) is 0 Å². The summed E-state index contributed by atoms with van der Waals surface area (Å²) in [6.07, 6.45) is 0. The van der Waals surface area contributed by atoms with Gasteiger partial charge in [-0.1, -0.05) is 15.9 Å². The van der Waals surface area contributed by atoms with Gasteiger partial charge in [0.1, 0.15) is 11.8 Å². The van der Waals surface area contributed by atoms with Crippen molar-refractivity contribution in [2.24, 2.45) is 0 Å². The summed E-state index contributed by atoms with van der Waals surface area (Å²) in [5, 5.41) is 8.99. The summed E-state index contributed by atoms with van der Waals surface area (Å²) in [7, 11) is 0. The molecule has 0 bridgehead atoms. The van der Waals surface area contributed by atoms with Gasteiger partial charge in [-0.2, -0.15) is 5.26 Å². The van der Waals surface area contributed by atoms with Gasteiger partial charge in [0.25, 0.3) is 5.91 Å². The zero-order valence-corrected chi connectivity index (χ0v) is 11.9. The van der Waals surface area contributed by atoms with Gasteiger partial charge < -0.3 is 14.4 Å². The van der Waals surface area contributed by atoms with E-state index < -0.39 is 0 Å². The first-order valence-electron chi connectivity index (χ1n) is 5.88. The lowest BCUT2D eigenvalue weighted by Gasteiger charge is -2.26. The maximum atomic E-state index is 11.9. The van der Waals surface area contributed by atoms with E-state index in [1.54, 1.807) is 23.1 Å². The van der Waals surface area contributed by atoms with Crippen LogP contribution in [0.1, 0.15) is 5.56 Å². The molecule has 5 nitrogen and oxygen atoms in total. The molecule has 0 saturated carbocycles. The molecule has 1 amide bonds. The maximum Gasteiger partial charge on any atom is 0.260 e. The highest BCUT2D eigenvalue weighted by atomic mass is 79.9. The Morgan fingerprint density at radius 3 is 2.89 bits per heavy atom. The van der Waals surface area contributed by atoms with Crippen molar-refractivity contribution >= 4 is 21.8 Å². The number of hydrogen-bond donors (Lipinski definition) is 0. The Bertz CT molecular complexity index is 507. The summed E-state index contributed by atoms with van der Waals surface area (Å²) in [6.45, 7) is 2.25. The van der Waals surface area contributed by atoms with Crippen LogP contribution in [0, 0.1) is 11.3 Å². The van der Waals surface area contributed by atoms with Gasteiger partial charge in [0.2, 0.25) is 0 Å². The van der Waals surface area contributed by atoms with E-state index >= 15 is 0 Å². The molecule has 0 N–H and O–H groups in total. The van der Waals surface area contributed by atoms with Gasteiger partial charge in [-0.3, -0.25) is 4.79 Å². The van der Waals surface area contributed by atoms with Crippen molar-refractivity contribution < 1.29 is 14.3 Å². The molecule has 1 aromatic rings. The summed E-state index contributed by atoms with van der Waals surface area (Å²) >= 11 is 3.28. The molecule has 19 heavy (non-hydrogen) atoms. The number of hydrogen-bond acceptors (Lipinski definition) is 4. The van der Waals surface area contributed by atoms with Gasteiger partial charge in [-0.05, 0) is 18.2 Å². The zero-order valence-electron chi connectivity index (χ0n) is 10.3. The van der Waals surface area contributed by atoms with Crippen LogP contribution in [-0.2, 0) is 9.53 Å². The average Bonchev–Trinajstić information content (AvgIpc) is 2.46. The van der Waals surface area contributed by atoms with Crippen LogP contribution in [0.5, 0.6) is 5.75 Å². The second-order valence-corrected chi connectivity index (χ2v) is 4.95. The van der Waals surface area contributed by atoms with E-state index in [0.29, 0.717) is 37.6 Å². The fourth-order valence-electron chi connectivity index (χ4n) is 1.76. The van der Waals surface area contributed by atoms with Crippen LogP contribution >= 0.6 is 15.9 Å². The highest BCUT2D eigenvalue weighted by Crippen LogP contribution is 2.22. The number of nitriles is 1. The van der Waals surface area contributed by atoms with Crippen molar-refractivity contribution in [3.05, 3.63) is 28.2 Å². The minimum absolute atomic E-state index is 0.0592. The van der Waals surface area contributed by atoms with Crippen molar-refractivity contribution in [2.45, 2.75) is 0 Å². The van der Waals surface area contributed by atoms with Crippen LogP contribution in [0.25, 0.3) is 0 Å². The van der Waals surface area contributed by atoms with Crippen LogP contribution in [0.4, 0.5) is 0 Å². The van der Waals surface area contributed by atoms with E-state index in [4.69, 9.17) is 14.7 Å². The third kappa shape index (κ3) is 3.69. The van der Waals surface area contributed by atoms with E-state index in [0.717, 1.165) is 4.47 Å². The van der Waals surface area contributed by atoms with E-state index in [2.05, 4.69) is 15.9 Å². The Kier molecular flexibility index (Phi) is 4.77. The third-order valence-electron chi connectivity index (χ3n) is 2.78. The summed E-state index contributed by atoms with van der Waals surface area (Å²) in [5.74, 6) is 0.336. The Balaban J connectivity index is 1.95. The maximum absolute atomic E-state index is 11.9. The topological polar surface area (TPSA) is 62.6 Å². The van der Waals surface area contributed by atoms with Gasteiger partial charge in [-0.15, -0.1) is 0 Å². The van der Waals surface area contributed by atoms with Crippen molar-refractivity contribution in [3.63, 3.8) is 0 Å². The van der Waals surface area contributed by atoms with Crippen LogP contribution in [0.2, 0.25) is 0 Å². The quantitative estimate of drug-likeness (QED) is 0.846. The first-order chi connectivity index (χ1) is 9.20. The molecular formula is C13H13BrN2O3. The van der Waals surface area contributed by atoms with E-state index in [9.17, 15) is 4.79 Å². The molecule has 1 aromatic carbocycles. The Morgan fingerprint density at radius 1 is 1.47 bits per heavy atom. The van der Waals surface area contributed by atoms with Crippen molar-refractivity contribution in [2.75, 3.05) is 32.9 Å². The molecule has 6 heteroatoms. The molecule has 1 heterocycles. The van der Waals surface area contributed by atoms with Gasteiger partial charge in [0.05, 0.1) is 18.8 Å². The summed E-state index contributed by atoms with van der Waals surface area (Å²) < 4.78 is 11.4. The molecule has 0 aromatic heterocycles. The molecule has 100 valence electrons. The van der Waals surface area contributed by atoms with E-state index in [-0.39, 0.29) is 12.5 Å². The molecule has 1 aliphatic heterocycles. The Hall–Kier alpha value is -1.58. The molecule has 0 unspecified atom stereocenters. The smallest absolute Gasteiger partial charge is 0.260 e. The van der Waals surface area contributed by atoms with Crippen molar-refractivity contribution in [1.82, 2.24) is 4.90 Å². The van der Waals surface area contributed by atoms with Gasteiger partial charge >= 0.3 is 0 Å². The first-order valence-corrected chi connectivity index (χ1v) is 6.68. The lowest BCUT2D eigenvalue weighted by molar-refractivity contribution is -0.137. The Labute approximate surface area is 119 Å². The number of carbonyl (C=O) groups excluding carboxylic acids is 1. The number of nitrogens with zero attached hydrogens (tertiary/aromatic N) is 2. The number of morpholine rings is 1. The minimum atomic E-state index is -0.0879. The molecule has 0 spiro atoms. The fourth-order valence-corrected chi connectivity index (χ4v) is 2.12. The largest absolute Gasteiger partial charge is 0.482 e. The predicted octanol–water partition coefficient (Wildman–Crippen LogP) is 1.56. The molecule has 1 aliphatic rings. The van der Waals surface area contributed by atoms with Crippen LogP contribution in [0.15, 0.2) is 22.7 Å². The normalized spacial score (nSPS) is 14.8. The second kappa shape index (κ2) is 6.55. The van der Waals surface area contributed by atoms with Gasteiger partial charge in [0.15, 0.2) is 6.61 Å². The summed E-state index contributed by atoms with van der Waals surface area (Å²) in [4.78, 5) is 13.6. The van der Waals surface area contributed by atoms with Crippen LogP contribution in [0.3, 0.4) is 0 Å². The Morgan fingerprint density at radius 2 is 2.21 bits per heavy atom. The second-order valence-electron chi connectivity index (χ2n) is 4.03. The molecular weight excluding hydrogens is 312 g/mol. The SMILES string of the molecule is N#Cc1cc(Br)ccc1OCC(=O)N1CCOCC1. The number of halogens is 1. The molecule has 0 aliphatic carbocycles. The summed E-state index contributed by atoms with van der Waals surface area (Å²) in [5.41, 5.74) is 0.407. The van der Waals surface area contributed by atoms with Crippen LogP contribution < -0.4 is 4.74 Å². The van der Waals surface area contributed by atoms with Crippen molar-refractivity contribution in [3.8, 4) is 11.8 Å². The number of rotatable bonds is 3. The highest BCUT2D eigenvalue weighted by Gasteiger charge is 2.17. The highest BCUT2D eigenvalue weighted by molar-refractivity contribution is 9.10. The monoisotopic (exact) mass is 324 g/mol. The number of carbonyl (C=O) groups is 1. The molecule has 1 saturated heterocycles. The molecule has 0 radical (unpaired) electrons. The zero-order chi connectivity index (χ0) is 13.7. The molecule has 1 fully saturated rings. The summed E-state index contributed by atoms with van der Waals surface area (Å²) in [6, 6.07) is 7.15. The number of benzene rings is 1. The van der Waals surface area contributed by atoms with E-state index in [1.165, 1.54) is 0 Å². The van der Waals surface area contributed by atoms with E-state index in [1.807, 2.05) is 6.07 Å². The number of ether oxygens (including phenoxy) is 2. The standard InChI is InChI=1S/C13H13BrN2O3/c14-11-1-2-12(10(7-11)8-15)19-9-13(17)16-3-5-18-6-4-16/h1-2,7H,3-6,9H2. The molecule has 0 atom stereocenters. The van der Waals surface area contributed by atoms with Crippen LogP contribution in [-0.4, -0.2) is 43.7 Å². The lowest BCUT2D eigenvalue weighted by Crippen LogP contribution is -2.43. The van der Waals surface area contributed by atoms with Gasteiger partial charge in [0, 0.05) is 17.6 Å². The van der Waals surface area contributed by atoms with Crippen molar-refractivity contribution in [1.29, 1.82) is 5.26 Å². The first kappa shape index (κ1) is 13.8. The molecule has 2 rings (SSSR count). The number of amides is 1. The fraction of sp³-hybridized carbons (Fsp3) is 0.385. The predicted molar refractivity (Wildman–Crippen MR) is 71.8 cm³/mol. The third-order valence-corrected chi connectivity index (χ3v) is 3.27. The lowest BCUT2D eigenvalue weighted by atomic mass is 10.2.